The quantitative estimate of drug-likeness (QED) is 0.722. The predicted molar refractivity (Wildman–Crippen MR) is 66.4 cm³/mol. The summed E-state index contributed by atoms with van der Waals surface area (Å²) in [7, 11) is 4.06. The number of hydrogen-bond acceptors (Lipinski definition) is 3. The van der Waals surface area contributed by atoms with Gasteiger partial charge in [0.15, 0.2) is 0 Å². The first-order chi connectivity index (χ1) is 7.52. The van der Waals surface area contributed by atoms with E-state index in [4.69, 9.17) is 0 Å². The van der Waals surface area contributed by atoms with Crippen molar-refractivity contribution >= 4 is 5.91 Å². The average molecular weight is 227 g/mol. The van der Waals surface area contributed by atoms with E-state index in [1.807, 2.05) is 14.1 Å². The fourth-order valence-electron chi connectivity index (χ4n) is 2.05. The summed E-state index contributed by atoms with van der Waals surface area (Å²) in [4.78, 5) is 14.2. The van der Waals surface area contributed by atoms with Crippen LogP contribution >= 0.6 is 0 Å². The van der Waals surface area contributed by atoms with E-state index in [2.05, 4.69) is 29.4 Å². The molecule has 1 aliphatic rings. The van der Waals surface area contributed by atoms with Crippen LogP contribution in [0.3, 0.4) is 0 Å². The number of nitrogens with zero attached hydrogens (tertiary/aromatic N) is 1. The molecule has 1 saturated heterocycles. The van der Waals surface area contributed by atoms with Gasteiger partial charge in [0.1, 0.15) is 0 Å². The third-order valence-corrected chi connectivity index (χ3v) is 3.72. The summed E-state index contributed by atoms with van der Waals surface area (Å²) >= 11 is 0. The molecule has 0 aromatic heterocycles. The van der Waals surface area contributed by atoms with Crippen molar-refractivity contribution < 1.29 is 4.79 Å². The molecule has 2 atom stereocenters. The Hall–Kier alpha value is -0.610. The second-order valence-electron chi connectivity index (χ2n) is 4.99. The van der Waals surface area contributed by atoms with E-state index in [1.165, 1.54) is 0 Å². The van der Waals surface area contributed by atoms with Gasteiger partial charge in [0.25, 0.3) is 0 Å². The molecule has 1 aliphatic heterocycles. The third-order valence-electron chi connectivity index (χ3n) is 3.72. The smallest absolute Gasteiger partial charge is 0.240 e. The molecule has 0 aromatic carbocycles. The van der Waals surface area contributed by atoms with Gasteiger partial charge in [-0.3, -0.25) is 4.79 Å². The Labute approximate surface area is 98.8 Å². The van der Waals surface area contributed by atoms with Crippen molar-refractivity contribution in [1.29, 1.82) is 0 Å². The van der Waals surface area contributed by atoms with Crippen molar-refractivity contribution in [2.75, 3.05) is 27.2 Å². The Morgan fingerprint density at radius 1 is 1.56 bits per heavy atom. The lowest BCUT2D eigenvalue weighted by Crippen LogP contribution is -2.54. The zero-order valence-electron chi connectivity index (χ0n) is 11.0. The highest BCUT2D eigenvalue weighted by Gasteiger charge is 2.38. The first-order valence-corrected chi connectivity index (χ1v) is 6.21. The van der Waals surface area contributed by atoms with Crippen molar-refractivity contribution in [1.82, 2.24) is 15.5 Å². The van der Waals surface area contributed by atoms with Crippen LogP contribution < -0.4 is 10.6 Å². The summed E-state index contributed by atoms with van der Waals surface area (Å²) in [5, 5.41) is 6.40. The summed E-state index contributed by atoms with van der Waals surface area (Å²) in [6.45, 7) is 5.87. The topological polar surface area (TPSA) is 44.4 Å². The molecule has 0 radical (unpaired) electrons. The Kier molecular flexibility index (Phi) is 4.74. The molecular formula is C12H25N3O. The molecule has 0 bridgehead atoms. The van der Waals surface area contributed by atoms with Crippen LogP contribution in [0.25, 0.3) is 0 Å². The number of carbonyl (C=O) groups is 1. The minimum Gasteiger partial charge on any atom is -0.353 e. The SMILES string of the molecule is CCC1(C(=O)NCC(C)N(C)C)CCCN1. The average Bonchev–Trinajstić information content (AvgIpc) is 2.74. The lowest BCUT2D eigenvalue weighted by atomic mass is 9.93. The van der Waals surface area contributed by atoms with Crippen molar-refractivity contribution in [3.63, 3.8) is 0 Å². The Balaban J connectivity index is 2.45. The highest BCUT2D eigenvalue weighted by atomic mass is 16.2. The van der Waals surface area contributed by atoms with Gasteiger partial charge >= 0.3 is 0 Å². The van der Waals surface area contributed by atoms with Gasteiger partial charge < -0.3 is 15.5 Å². The minimum absolute atomic E-state index is 0.168. The zero-order chi connectivity index (χ0) is 12.2. The third kappa shape index (κ3) is 2.95. The summed E-state index contributed by atoms with van der Waals surface area (Å²) in [6.07, 6.45) is 2.94. The summed E-state index contributed by atoms with van der Waals surface area (Å²) in [6, 6.07) is 0.374. The van der Waals surface area contributed by atoms with Crippen LogP contribution in [-0.4, -0.2) is 49.6 Å². The van der Waals surface area contributed by atoms with Crippen LogP contribution in [0.5, 0.6) is 0 Å². The fraction of sp³-hybridized carbons (Fsp3) is 0.917. The Morgan fingerprint density at radius 3 is 2.69 bits per heavy atom. The van der Waals surface area contributed by atoms with Gasteiger partial charge in [0.05, 0.1) is 5.54 Å². The molecule has 1 fully saturated rings. The van der Waals surface area contributed by atoms with Crippen LogP contribution in [0, 0.1) is 0 Å². The van der Waals surface area contributed by atoms with Gasteiger partial charge in [-0.05, 0) is 46.8 Å². The molecule has 1 heterocycles. The van der Waals surface area contributed by atoms with Gasteiger partial charge in [0, 0.05) is 12.6 Å². The van der Waals surface area contributed by atoms with Crippen molar-refractivity contribution in [3.8, 4) is 0 Å². The van der Waals surface area contributed by atoms with Crippen LogP contribution in [0.1, 0.15) is 33.1 Å². The molecule has 94 valence electrons. The van der Waals surface area contributed by atoms with E-state index in [1.54, 1.807) is 0 Å². The molecule has 2 N–H and O–H groups in total. The van der Waals surface area contributed by atoms with E-state index in [-0.39, 0.29) is 11.4 Å². The number of nitrogens with one attached hydrogen (secondary N) is 2. The van der Waals surface area contributed by atoms with Gasteiger partial charge in [-0.15, -0.1) is 0 Å². The second-order valence-corrected chi connectivity index (χ2v) is 4.99. The first kappa shape index (κ1) is 13.5. The van der Waals surface area contributed by atoms with Crippen LogP contribution in [0.15, 0.2) is 0 Å². The van der Waals surface area contributed by atoms with Crippen LogP contribution in [0.4, 0.5) is 0 Å². The van der Waals surface area contributed by atoms with Crippen molar-refractivity contribution in [2.45, 2.75) is 44.7 Å². The zero-order valence-corrected chi connectivity index (χ0v) is 11.0. The summed E-state index contributed by atoms with van der Waals surface area (Å²) < 4.78 is 0. The first-order valence-electron chi connectivity index (χ1n) is 6.21. The normalized spacial score (nSPS) is 27.1. The highest BCUT2D eigenvalue weighted by Crippen LogP contribution is 2.22. The lowest BCUT2D eigenvalue weighted by molar-refractivity contribution is -0.127. The van der Waals surface area contributed by atoms with Crippen LogP contribution in [0.2, 0.25) is 0 Å². The van der Waals surface area contributed by atoms with E-state index >= 15 is 0 Å². The molecule has 0 aromatic rings. The van der Waals surface area contributed by atoms with E-state index in [9.17, 15) is 4.79 Å². The number of likely N-dealkylation sites (N-methyl/N-ethyl adjacent to an activating group) is 1. The predicted octanol–water partition coefficient (Wildman–Crippen LogP) is 0.585. The standard InChI is InChI=1S/C12H25N3O/c1-5-12(7-6-8-14-12)11(16)13-9-10(2)15(3)4/h10,14H,5-9H2,1-4H3,(H,13,16). The second kappa shape index (κ2) is 5.64. The Morgan fingerprint density at radius 2 is 2.25 bits per heavy atom. The molecular weight excluding hydrogens is 202 g/mol. The maximum Gasteiger partial charge on any atom is 0.240 e. The number of amides is 1. The lowest BCUT2D eigenvalue weighted by Gasteiger charge is -2.28. The van der Waals surface area contributed by atoms with E-state index < -0.39 is 0 Å². The van der Waals surface area contributed by atoms with Crippen molar-refractivity contribution in [2.24, 2.45) is 0 Å². The molecule has 2 unspecified atom stereocenters. The molecule has 1 amide bonds. The number of rotatable bonds is 5. The molecule has 0 saturated carbocycles. The molecule has 4 nitrogen and oxygen atoms in total. The highest BCUT2D eigenvalue weighted by molar-refractivity contribution is 5.86. The van der Waals surface area contributed by atoms with E-state index in [0.717, 1.165) is 32.4 Å². The van der Waals surface area contributed by atoms with Gasteiger partial charge in [-0.1, -0.05) is 6.92 Å². The molecule has 1 rings (SSSR count). The molecule has 16 heavy (non-hydrogen) atoms. The molecule has 0 spiro atoms. The van der Waals surface area contributed by atoms with Gasteiger partial charge in [-0.2, -0.15) is 0 Å². The summed E-state index contributed by atoms with van der Waals surface area (Å²) in [5.41, 5.74) is -0.300. The molecule has 0 aliphatic carbocycles. The largest absolute Gasteiger partial charge is 0.353 e. The monoisotopic (exact) mass is 227 g/mol. The number of carbonyl (C=O) groups excluding carboxylic acids is 1. The molecule has 4 heteroatoms. The van der Waals surface area contributed by atoms with Gasteiger partial charge in [0.2, 0.25) is 5.91 Å². The minimum atomic E-state index is -0.300. The maximum atomic E-state index is 12.1. The van der Waals surface area contributed by atoms with Gasteiger partial charge in [-0.25, -0.2) is 0 Å². The number of hydrogen-bond donors (Lipinski definition) is 2. The van der Waals surface area contributed by atoms with E-state index in [0.29, 0.717) is 6.04 Å². The van der Waals surface area contributed by atoms with Crippen LogP contribution in [-0.2, 0) is 4.79 Å². The Bertz CT molecular complexity index is 234. The summed E-state index contributed by atoms with van der Waals surface area (Å²) in [5.74, 6) is 0.168. The maximum absolute atomic E-state index is 12.1. The van der Waals surface area contributed by atoms with Crippen molar-refractivity contribution in [3.05, 3.63) is 0 Å². The fourth-order valence-corrected chi connectivity index (χ4v) is 2.05.